The topological polar surface area (TPSA) is 41.1 Å². The number of hydrogen-bond donors (Lipinski definition) is 1. The molecule has 1 heterocycles. The van der Waals surface area contributed by atoms with Crippen molar-refractivity contribution >= 4 is 5.69 Å². The van der Waals surface area contributed by atoms with Gasteiger partial charge in [-0.3, -0.25) is 0 Å². The van der Waals surface area contributed by atoms with E-state index in [1.807, 2.05) is 6.20 Å². The molecule has 0 spiro atoms. The highest BCUT2D eigenvalue weighted by Gasteiger charge is 2.13. The van der Waals surface area contributed by atoms with E-state index in [0.717, 1.165) is 30.3 Å². The first-order chi connectivity index (χ1) is 9.95. The predicted octanol–water partition coefficient (Wildman–Crippen LogP) is 3.72. The van der Waals surface area contributed by atoms with Crippen LogP contribution in [0.15, 0.2) is 6.20 Å². The van der Waals surface area contributed by atoms with Crippen LogP contribution in [-0.2, 0) is 6.54 Å². The Balaban J connectivity index is 2.88. The first kappa shape index (κ1) is 17.9. The van der Waals surface area contributed by atoms with Crippen molar-refractivity contribution in [2.24, 2.45) is 0 Å². The van der Waals surface area contributed by atoms with E-state index in [-0.39, 0.29) is 0 Å². The summed E-state index contributed by atoms with van der Waals surface area (Å²) in [6.07, 6.45) is 5.73. The zero-order valence-electron chi connectivity index (χ0n) is 14.6. The average Bonchev–Trinajstić information content (AvgIpc) is 2.44. The summed E-state index contributed by atoms with van der Waals surface area (Å²) in [5.41, 5.74) is 2.27. The van der Waals surface area contributed by atoms with Crippen molar-refractivity contribution in [2.45, 2.75) is 72.4 Å². The number of nitrogens with zero attached hydrogens (tertiary/aromatic N) is 3. The molecule has 1 N–H and O–H groups in total. The number of nitrogens with one attached hydrogen (secondary N) is 1. The molecule has 4 heteroatoms. The molecule has 0 radical (unpaired) electrons. The highest BCUT2D eigenvalue weighted by atomic mass is 15.1. The van der Waals surface area contributed by atoms with Crippen LogP contribution in [0, 0.1) is 0 Å². The van der Waals surface area contributed by atoms with Crippen molar-refractivity contribution in [3.8, 4) is 0 Å². The van der Waals surface area contributed by atoms with Crippen LogP contribution in [0.5, 0.6) is 0 Å². The molecule has 0 aromatic carbocycles. The van der Waals surface area contributed by atoms with Gasteiger partial charge >= 0.3 is 0 Å². The normalized spacial score (nSPS) is 11.4. The van der Waals surface area contributed by atoms with Crippen molar-refractivity contribution in [2.75, 3.05) is 18.5 Å². The first-order valence-electron chi connectivity index (χ1n) is 8.26. The zero-order valence-corrected chi connectivity index (χ0v) is 14.6. The SMILES string of the molecule is CCCCCN(C)c1cnc(C(C)C)nc1CNC(C)C. The fraction of sp³-hybridized carbons (Fsp3) is 0.765. The average molecular weight is 292 g/mol. The smallest absolute Gasteiger partial charge is 0.131 e. The van der Waals surface area contributed by atoms with Gasteiger partial charge in [-0.1, -0.05) is 47.5 Å². The Hall–Kier alpha value is -1.16. The Morgan fingerprint density at radius 2 is 1.90 bits per heavy atom. The summed E-state index contributed by atoms with van der Waals surface area (Å²) in [5, 5.41) is 3.47. The van der Waals surface area contributed by atoms with Crippen LogP contribution >= 0.6 is 0 Å². The van der Waals surface area contributed by atoms with Gasteiger partial charge in [-0.05, 0) is 6.42 Å². The zero-order chi connectivity index (χ0) is 15.8. The van der Waals surface area contributed by atoms with Gasteiger partial charge in [-0.15, -0.1) is 0 Å². The molecule has 120 valence electrons. The highest BCUT2D eigenvalue weighted by Crippen LogP contribution is 2.20. The maximum Gasteiger partial charge on any atom is 0.131 e. The lowest BCUT2D eigenvalue weighted by Gasteiger charge is -2.23. The van der Waals surface area contributed by atoms with Gasteiger partial charge in [0.2, 0.25) is 0 Å². The molecule has 0 saturated carbocycles. The van der Waals surface area contributed by atoms with Gasteiger partial charge in [0, 0.05) is 32.1 Å². The summed E-state index contributed by atoms with van der Waals surface area (Å²) in [4.78, 5) is 11.6. The molecule has 0 atom stereocenters. The van der Waals surface area contributed by atoms with E-state index in [9.17, 15) is 0 Å². The summed E-state index contributed by atoms with van der Waals surface area (Å²) in [6, 6.07) is 0.459. The van der Waals surface area contributed by atoms with E-state index < -0.39 is 0 Å². The van der Waals surface area contributed by atoms with Crippen molar-refractivity contribution in [3.63, 3.8) is 0 Å². The maximum atomic E-state index is 4.78. The lowest BCUT2D eigenvalue weighted by atomic mass is 10.2. The van der Waals surface area contributed by atoms with Crippen LogP contribution in [0.1, 0.15) is 71.3 Å². The fourth-order valence-electron chi connectivity index (χ4n) is 2.17. The molecule has 21 heavy (non-hydrogen) atoms. The van der Waals surface area contributed by atoms with Gasteiger partial charge in [0.15, 0.2) is 0 Å². The van der Waals surface area contributed by atoms with Gasteiger partial charge in [-0.2, -0.15) is 0 Å². The second-order valence-electron chi connectivity index (χ2n) is 6.38. The number of rotatable bonds is 9. The third kappa shape index (κ3) is 6.00. The Morgan fingerprint density at radius 3 is 2.48 bits per heavy atom. The minimum atomic E-state index is 0.363. The minimum Gasteiger partial charge on any atom is -0.372 e. The largest absolute Gasteiger partial charge is 0.372 e. The second-order valence-corrected chi connectivity index (χ2v) is 6.38. The molecule has 1 aromatic rings. The van der Waals surface area contributed by atoms with Gasteiger partial charge < -0.3 is 10.2 Å². The van der Waals surface area contributed by atoms with Crippen LogP contribution in [0.2, 0.25) is 0 Å². The van der Waals surface area contributed by atoms with Crippen molar-refractivity contribution in [3.05, 3.63) is 17.7 Å². The van der Waals surface area contributed by atoms with Crippen LogP contribution in [0.25, 0.3) is 0 Å². The highest BCUT2D eigenvalue weighted by molar-refractivity contribution is 5.48. The minimum absolute atomic E-state index is 0.363. The monoisotopic (exact) mass is 292 g/mol. The lowest BCUT2D eigenvalue weighted by molar-refractivity contribution is 0.575. The third-order valence-corrected chi connectivity index (χ3v) is 3.57. The first-order valence-corrected chi connectivity index (χ1v) is 8.26. The summed E-state index contributed by atoms with van der Waals surface area (Å²) in [7, 11) is 2.14. The standard InChI is InChI=1S/C17H32N4/c1-7-8-9-10-21(6)16-12-19-17(13(2)3)20-15(16)11-18-14(4)5/h12-14,18H,7-11H2,1-6H3. The van der Waals surface area contributed by atoms with E-state index in [2.05, 4.69) is 56.9 Å². The molecule has 0 unspecified atom stereocenters. The Labute approximate surface area is 130 Å². The Morgan fingerprint density at radius 1 is 1.19 bits per heavy atom. The molecule has 0 saturated heterocycles. The van der Waals surface area contributed by atoms with Gasteiger partial charge in [0.05, 0.1) is 17.6 Å². The number of aromatic nitrogens is 2. The van der Waals surface area contributed by atoms with E-state index in [1.54, 1.807) is 0 Å². The Bertz CT molecular complexity index is 415. The number of unbranched alkanes of at least 4 members (excludes halogenated alkanes) is 2. The molecule has 4 nitrogen and oxygen atoms in total. The second kappa shape index (κ2) is 8.98. The molecule has 0 bridgehead atoms. The van der Waals surface area contributed by atoms with Crippen LogP contribution in [0.3, 0.4) is 0 Å². The van der Waals surface area contributed by atoms with Crippen molar-refractivity contribution < 1.29 is 0 Å². The van der Waals surface area contributed by atoms with Crippen LogP contribution in [-0.4, -0.2) is 29.6 Å². The molecule has 0 aliphatic heterocycles. The molecule has 0 aliphatic carbocycles. The fourth-order valence-corrected chi connectivity index (χ4v) is 2.17. The summed E-state index contributed by atoms with van der Waals surface area (Å²) in [6.45, 7) is 12.7. The molecule has 0 amide bonds. The van der Waals surface area contributed by atoms with Gasteiger partial charge in [0.1, 0.15) is 5.82 Å². The van der Waals surface area contributed by atoms with Gasteiger partial charge in [-0.25, -0.2) is 9.97 Å². The number of anilines is 1. The van der Waals surface area contributed by atoms with Crippen molar-refractivity contribution in [1.29, 1.82) is 0 Å². The Kier molecular flexibility index (Phi) is 7.65. The van der Waals surface area contributed by atoms with E-state index in [4.69, 9.17) is 4.98 Å². The molecule has 1 rings (SSSR count). The molecule has 0 fully saturated rings. The molecule has 1 aromatic heterocycles. The third-order valence-electron chi connectivity index (χ3n) is 3.57. The summed E-state index contributed by atoms with van der Waals surface area (Å²) in [5.74, 6) is 1.29. The summed E-state index contributed by atoms with van der Waals surface area (Å²) < 4.78 is 0. The molecular formula is C17H32N4. The van der Waals surface area contributed by atoms with Crippen LogP contribution in [0.4, 0.5) is 5.69 Å². The van der Waals surface area contributed by atoms with Crippen LogP contribution < -0.4 is 10.2 Å². The number of hydrogen-bond acceptors (Lipinski definition) is 4. The maximum absolute atomic E-state index is 4.78. The van der Waals surface area contributed by atoms with Crippen molar-refractivity contribution in [1.82, 2.24) is 15.3 Å². The molecule has 0 aliphatic rings. The summed E-state index contributed by atoms with van der Waals surface area (Å²) >= 11 is 0. The predicted molar refractivity (Wildman–Crippen MR) is 90.9 cm³/mol. The molecular weight excluding hydrogens is 260 g/mol. The lowest BCUT2D eigenvalue weighted by Crippen LogP contribution is -2.27. The van der Waals surface area contributed by atoms with E-state index in [1.165, 1.54) is 19.3 Å². The quantitative estimate of drug-likeness (QED) is 0.704. The van der Waals surface area contributed by atoms with E-state index >= 15 is 0 Å². The van der Waals surface area contributed by atoms with E-state index in [0.29, 0.717) is 12.0 Å². The van der Waals surface area contributed by atoms with Gasteiger partial charge in [0.25, 0.3) is 0 Å².